The maximum Gasteiger partial charge on any atom is 0.573 e. The van der Waals surface area contributed by atoms with E-state index in [1.54, 1.807) is 0 Å². The van der Waals surface area contributed by atoms with Crippen molar-refractivity contribution in [1.82, 2.24) is 5.32 Å². The molecule has 7 heteroatoms. The third kappa shape index (κ3) is 6.48. The SMILES string of the molecule is O=C(CCc1ccc(OC(F)(F)F)cc1)NC1CCC(O)CC1. The molecule has 1 saturated carbocycles. The van der Waals surface area contributed by atoms with Crippen LogP contribution in [0.4, 0.5) is 13.2 Å². The molecule has 0 atom stereocenters. The number of nitrogens with one attached hydrogen (secondary N) is 1. The largest absolute Gasteiger partial charge is 0.573 e. The molecule has 1 aromatic rings. The monoisotopic (exact) mass is 331 g/mol. The van der Waals surface area contributed by atoms with Gasteiger partial charge in [0.05, 0.1) is 6.10 Å². The van der Waals surface area contributed by atoms with Crippen molar-refractivity contribution in [2.75, 3.05) is 0 Å². The lowest BCUT2D eigenvalue weighted by Gasteiger charge is -2.26. The number of benzene rings is 1. The molecule has 1 aliphatic carbocycles. The van der Waals surface area contributed by atoms with Crippen LogP contribution in [0.25, 0.3) is 0 Å². The number of carbonyl (C=O) groups excluding carboxylic acids is 1. The van der Waals surface area contributed by atoms with E-state index < -0.39 is 6.36 Å². The zero-order valence-electron chi connectivity index (χ0n) is 12.6. The van der Waals surface area contributed by atoms with E-state index in [1.165, 1.54) is 24.3 Å². The number of hydrogen-bond donors (Lipinski definition) is 2. The fourth-order valence-electron chi connectivity index (χ4n) is 2.64. The first-order chi connectivity index (χ1) is 10.8. The minimum absolute atomic E-state index is 0.0815. The average molecular weight is 331 g/mol. The van der Waals surface area contributed by atoms with Gasteiger partial charge in [0.2, 0.25) is 5.91 Å². The minimum atomic E-state index is -4.70. The van der Waals surface area contributed by atoms with Crippen molar-refractivity contribution < 1.29 is 27.8 Å². The Kier molecular flexibility index (Phi) is 5.87. The molecule has 0 saturated heterocycles. The summed E-state index contributed by atoms with van der Waals surface area (Å²) in [6.45, 7) is 0. The van der Waals surface area contributed by atoms with E-state index in [0.29, 0.717) is 19.3 Å². The van der Waals surface area contributed by atoms with Crippen molar-refractivity contribution in [3.05, 3.63) is 29.8 Å². The van der Waals surface area contributed by atoms with Gasteiger partial charge in [-0.05, 0) is 49.8 Å². The van der Waals surface area contributed by atoms with Crippen LogP contribution in [0, 0.1) is 0 Å². The number of carbonyl (C=O) groups is 1. The Morgan fingerprint density at radius 2 is 1.78 bits per heavy atom. The summed E-state index contributed by atoms with van der Waals surface area (Å²) in [6, 6.07) is 5.62. The second-order valence-electron chi connectivity index (χ2n) is 5.76. The van der Waals surface area contributed by atoms with Gasteiger partial charge < -0.3 is 15.2 Å². The zero-order chi connectivity index (χ0) is 16.9. The molecule has 1 aliphatic rings. The van der Waals surface area contributed by atoms with Gasteiger partial charge in [0, 0.05) is 12.5 Å². The summed E-state index contributed by atoms with van der Waals surface area (Å²) in [4.78, 5) is 11.9. The predicted octanol–water partition coefficient (Wildman–Crippen LogP) is 2.94. The highest BCUT2D eigenvalue weighted by molar-refractivity contribution is 5.76. The van der Waals surface area contributed by atoms with Crippen molar-refractivity contribution >= 4 is 5.91 Å². The third-order valence-corrected chi connectivity index (χ3v) is 3.86. The molecule has 23 heavy (non-hydrogen) atoms. The second-order valence-corrected chi connectivity index (χ2v) is 5.76. The van der Waals surface area contributed by atoms with Crippen molar-refractivity contribution in [3.63, 3.8) is 0 Å². The molecule has 0 bridgehead atoms. The maximum absolute atomic E-state index is 12.1. The summed E-state index contributed by atoms with van der Waals surface area (Å²) in [7, 11) is 0. The van der Waals surface area contributed by atoms with Crippen molar-refractivity contribution in [3.8, 4) is 5.75 Å². The molecule has 0 spiro atoms. The van der Waals surface area contributed by atoms with Crippen LogP contribution >= 0.6 is 0 Å². The fraction of sp³-hybridized carbons (Fsp3) is 0.562. The van der Waals surface area contributed by atoms with Crippen LogP contribution in [0.15, 0.2) is 24.3 Å². The molecule has 0 aromatic heterocycles. The standard InChI is InChI=1S/C16H20F3NO3/c17-16(18,19)23-14-8-1-11(2-9-14)3-10-15(22)20-12-4-6-13(21)7-5-12/h1-2,8-9,12-13,21H,3-7,10H2,(H,20,22). The Labute approximate surface area is 132 Å². The first kappa shape index (κ1) is 17.6. The highest BCUT2D eigenvalue weighted by Crippen LogP contribution is 2.23. The molecule has 0 radical (unpaired) electrons. The predicted molar refractivity (Wildman–Crippen MR) is 77.9 cm³/mol. The van der Waals surface area contributed by atoms with E-state index in [-0.39, 0.29) is 30.2 Å². The normalized spacial score (nSPS) is 21.7. The summed E-state index contributed by atoms with van der Waals surface area (Å²) in [5.74, 6) is -0.353. The lowest BCUT2D eigenvalue weighted by Crippen LogP contribution is -2.38. The van der Waals surface area contributed by atoms with Crippen LogP contribution in [0.5, 0.6) is 5.75 Å². The van der Waals surface area contributed by atoms with Gasteiger partial charge >= 0.3 is 6.36 Å². The highest BCUT2D eigenvalue weighted by Gasteiger charge is 2.30. The lowest BCUT2D eigenvalue weighted by molar-refractivity contribution is -0.274. The number of rotatable bonds is 5. The van der Waals surface area contributed by atoms with Gasteiger partial charge in [0.1, 0.15) is 5.75 Å². The summed E-state index contributed by atoms with van der Waals surface area (Å²) in [6.07, 6.45) is -1.29. The second kappa shape index (κ2) is 7.68. The van der Waals surface area contributed by atoms with E-state index in [4.69, 9.17) is 0 Å². The zero-order valence-corrected chi connectivity index (χ0v) is 12.6. The third-order valence-electron chi connectivity index (χ3n) is 3.86. The Balaban J connectivity index is 1.73. The van der Waals surface area contributed by atoms with Gasteiger partial charge in [0.15, 0.2) is 0 Å². The van der Waals surface area contributed by atoms with Gasteiger partial charge in [-0.15, -0.1) is 13.2 Å². The smallest absolute Gasteiger partial charge is 0.406 e. The number of aliphatic hydroxyl groups is 1. The van der Waals surface area contributed by atoms with Crippen LogP contribution in [0.1, 0.15) is 37.7 Å². The fourth-order valence-corrected chi connectivity index (χ4v) is 2.64. The molecule has 2 rings (SSSR count). The van der Waals surface area contributed by atoms with Crippen LogP contribution < -0.4 is 10.1 Å². The van der Waals surface area contributed by atoms with Crippen LogP contribution in [-0.2, 0) is 11.2 Å². The summed E-state index contributed by atoms with van der Waals surface area (Å²) < 4.78 is 39.9. The highest BCUT2D eigenvalue weighted by atomic mass is 19.4. The number of alkyl halides is 3. The summed E-state index contributed by atoms with van der Waals surface area (Å²) in [5, 5.41) is 12.3. The molecule has 4 nitrogen and oxygen atoms in total. The lowest BCUT2D eigenvalue weighted by atomic mass is 9.93. The van der Waals surface area contributed by atoms with E-state index in [1.807, 2.05) is 0 Å². The first-order valence-corrected chi connectivity index (χ1v) is 7.64. The molecular formula is C16H20F3NO3. The first-order valence-electron chi connectivity index (χ1n) is 7.64. The Bertz CT molecular complexity index is 508. The van der Waals surface area contributed by atoms with Gasteiger partial charge in [-0.1, -0.05) is 12.1 Å². The van der Waals surface area contributed by atoms with E-state index in [2.05, 4.69) is 10.1 Å². The Morgan fingerprint density at radius 3 is 2.35 bits per heavy atom. The summed E-state index contributed by atoms with van der Waals surface area (Å²) in [5.41, 5.74) is 0.772. The Hall–Kier alpha value is -1.76. The molecule has 0 heterocycles. The van der Waals surface area contributed by atoms with Crippen LogP contribution in [0.3, 0.4) is 0 Å². The van der Waals surface area contributed by atoms with Crippen LogP contribution in [-0.4, -0.2) is 29.5 Å². The molecule has 2 N–H and O–H groups in total. The number of aliphatic hydroxyl groups excluding tert-OH is 1. The molecule has 0 aliphatic heterocycles. The van der Waals surface area contributed by atoms with Gasteiger partial charge in [-0.2, -0.15) is 0 Å². The molecule has 1 aromatic carbocycles. The minimum Gasteiger partial charge on any atom is -0.406 e. The summed E-state index contributed by atoms with van der Waals surface area (Å²) >= 11 is 0. The number of halogens is 3. The molecule has 1 amide bonds. The number of hydrogen-bond acceptors (Lipinski definition) is 3. The van der Waals surface area contributed by atoms with Crippen molar-refractivity contribution in [1.29, 1.82) is 0 Å². The molecular weight excluding hydrogens is 311 g/mol. The van der Waals surface area contributed by atoms with Crippen molar-refractivity contribution in [2.24, 2.45) is 0 Å². The van der Waals surface area contributed by atoms with E-state index in [9.17, 15) is 23.1 Å². The molecule has 128 valence electrons. The topological polar surface area (TPSA) is 58.6 Å². The number of ether oxygens (including phenoxy) is 1. The van der Waals surface area contributed by atoms with Crippen molar-refractivity contribution in [2.45, 2.75) is 57.0 Å². The van der Waals surface area contributed by atoms with E-state index in [0.717, 1.165) is 18.4 Å². The van der Waals surface area contributed by atoms with Gasteiger partial charge in [-0.25, -0.2) is 0 Å². The van der Waals surface area contributed by atoms with Gasteiger partial charge in [0.25, 0.3) is 0 Å². The number of aryl methyl sites for hydroxylation is 1. The van der Waals surface area contributed by atoms with Crippen LogP contribution in [0.2, 0.25) is 0 Å². The maximum atomic E-state index is 12.1. The number of amides is 1. The quantitative estimate of drug-likeness (QED) is 0.872. The Morgan fingerprint density at radius 1 is 1.17 bits per heavy atom. The average Bonchev–Trinajstić information content (AvgIpc) is 2.47. The van der Waals surface area contributed by atoms with Gasteiger partial charge in [-0.3, -0.25) is 4.79 Å². The molecule has 1 fully saturated rings. The van der Waals surface area contributed by atoms with E-state index >= 15 is 0 Å². The molecule has 0 unspecified atom stereocenters.